The molecule has 1 rings (SSSR count). The van der Waals surface area contributed by atoms with Crippen LogP contribution in [0.1, 0.15) is 33.1 Å². The zero-order valence-electron chi connectivity index (χ0n) is 10.4. The van der Waals surface area contributed by atoms with E-state index in [1.165, 1.54) is 0 Å². The first-order valence-corrected chi connectivity index (χ1v) is 5.90. The van der Waals surface area contributed by atoms with Gasteiger partial charge in [0.25, 0.3) is 0 Å². The summed E-state index contributed by atoms with van der Waals surface area (Å²) in [7, 11) is 0. The first kappa shape index (κ1) is 16.2. The van der Waals surface area contributed by atoms with Gasteiger partial charge in [0.1, 0.15) is 0 Å². The standard InChI is InChI=1S/C11H21N3O2.ClH/c1-8(2)14-10(15)5-7-13-11(16)9-4-3-6-12-9;/h8-9,12H,3-7H2,1-2H3,(H,13,16)(H,14,15);1H. The van der Waals surface area contributed by atoms with E-state index in [9.17, 15) is 9.59 Å². The second-order valence-electron chi connectivity index (χ2n) is 4.41. The van der Waals surface area contributed by atoms with Crippen molar-refractivity contribution >= 4 is 24.2 Å². The van der Waals surface area contributed by atoms with Crippen molar-refractivity contribution in [3.05, 3.63) is 0 Å². The molecule has 6 heteroatoms. The van der Waals surface area contributed by atoms with E-state index in [4.69, 9.17) is 0 Å². The third-order valence-electron chi connectivity index (χ3n) is 2.48. The average Bonchev–Trinajstić information content (AvgIpc) is 2.68. The predicted molar refractivity (Wildman–Crippen MR) is 69.2 cm³/mol. The predicted octanol–water partition coefficient (Wildman–Crippen LogP) is 0.191. The van der Waals surface area contributed by atoms with Crippen LogP contribution in [0.5, 0.6) is 0 Å². The van der Waals surface area contributed by atoms with Gasteiger partial charge in [0.15, 0.2) is 0 Å². The fourth-order valence-corrected chi connectivity index (χ4v) is 1.72. The summed E-state index contributed by atoms with van der Waals surface area (Å²) in [6, 6.07) is 0.0906. The summed E-state index contributed by atoms with van der Waals surface area (Å²) in [4.78, 5) is 22.8. The van der Waals surface area contributed by atoms with Gasteiger partial charge in [-0.2, -0.15) is 0 Å². The summed E-state index contributed by atoms with van der Waals surface area (Å²) < 4.78 is 0. The molecule has 1 heterocycles. The first-order chi connectivity index (χ1) is 7.59. The van der Waals surface area contributed by atoms with E-state index < -0.39 is 0 Å². The van der Waals surface area contributed by atoms with Crippen LogP contribution in [0, 0.1) is 0 Å². The van der Waals surface area contributed by atoms with Gasteiger partial charge in [-0.15, -0.1) is 12.4 Å². The molecule has 17 heavy (non-hydrogen) atoms. The lowest BCUT2D eigenvalue weighted by atomic mass is 10.2. The van der Waals surface area contributed by atoms with Crippen LogP contribution in [0.2, 0.25) is 0 Å². The first-order valence-electron chi connectivity index (χ1n) is 5.90. The molecule has 2 amide bonds. The van der Waals surface area contributed by atoms with E-state index in [2.05, 4.69) is 16.0 Å². The quantitative estimate of drug-likeness (QED) is 0.663. The van der Waals surface area contributed by atoms with Crippen LogP contribution in [-0.2, 0) is 9.59 Å². The van der Waals surface area contributed by atoms with Crippen LogP contribution in [-0.4, -0.2) is 37.0 Å². The molecule has 1 unspecified atom stereocenters. The van der Waals surface area contributed by atoms with Crippen LogP contribution < -0.4 is 16.0 Å². The van der Waals surface area contributed by atoms with Gasteiger partial charge >= 0.3 is 0 Å². The van der Waals surface area contributed by atoms with Gasteiger partial charge in [0, 0.05) is 19.0 Å². The monoisotopic (exact) mass is 263 g/mol. The summed E-state index contributed by atoms with van der Waals surface area (Å²) in [5, 5.41) is 8.66. The zero-order chi connectivity index (χ0) is 12.0. The molecule has 1 saturated heterocycles. The Morgan fingerprint density at radius 3 is 2.65 bits per heavy atom. The van der Waals surface area contributed by atoms with Gasteiger partial charge in [-0.25, -0.2) is 0 Å². The summed E-state index contributed by atoms with van der Waals surface area (Å²) in [6.07, 6.45) is 2.28. The normalized spacial score (nSPS) is 18.6. The molecular formula is C11H22ClN3O2. The molecule has 0 radical (unpaired) electrons. The van der Waals surface area contributed by atoms with Crippen LogP contribution >= 0.6 is 12.4 Å². The minimum absolute atomic E-state index is 0. The van der Waals surface area contributed by atoms with Gasteiger partial charge < -0.3 is 16.0 Å². The fourth-order valence-electron chi connectivity index (χ4n) is 1.72. The fraction of sp³-hybridized carbons (Fsp3) is 0.818. The maximum Gasteiger partial charge on any atom is 0.237 e. The van der Waals surface area contributed by atoms with Gasteiger partial charge in [-0.3, -0.25) is 9.59 Å². The molecule has 0 bridgehead atoms. The molecule has 1 atom stereocenters. The molecular weight excluding hydrogens is 242 g/mol. The molecule has 100 valence electrons. The van der Waals surface area contributed by atoms with Crippen LogP contribution in [0.15, 0.2) is 0 Å². The zero-order valence-corrected chi connectivity index (χ0v) is 11.2. The molecule has 1 aliphatic heterocycles. The van der Waals surface area contributed by atoms with Crippen molar-refractivity contribution in [2.45, 2.75) is 45.2 Å². The van der Waals surface area contributed by atoms with E-state index in [-0.39, 0.29) is 36.3 Å². The molecule has 1 fully saturated rings. The van der Waals surface area contributed by atoms with E-state index in [1.807, 2.05) is 13.8 Å². The van der Waals surface area contributed by atoms with Crippen LogP contribution in [0.25, 0.3) is 0 Å². The number of carbonyl (C=O) groups is 2. The lowest BCUT2D eigenvalue weighted by Crippen LogP contribution is -2.42. The van der Waals surface area contributed by atoms with Crippen molar-refractivity contribution in [2.75, 3.05) is 13.1 Å². The largest absolute Gasteiger partial charge is 0.354 e. The van der Waals surface area contributed by atoms with Gasteiger partial charge in [-0.05, 0) is 33.2 Å². The van der Waals surface area contributed by atoms with E-state index in [0.717, 1.165) is 19.4 Å². The Kier molecular flexibility index (Phi) is 7.91. The highest BCUT2D eigenvalue weighted by atomic mass is 35.5. The maximum atomic E-state index is 11.5. The van der Waals surface area contributed by atoms with E-state index >= 15 is 0 Å². The topological polar surface area (TPSA) is 70.2 Å². The summed E-state index contributed by atoms with van der Waals surface area (Å²) in [5.74, 6) is -0.00970. The molecule has 3 N–H and O–H groups in total. The lowest BCUT2D eigenvalue weighted by Gasteiger charge is -2.11. The van der Waals surface area contributed by atoms with E-state index in [1.54, 1.807) is 0 Å². The number of nitrogens with one attached hydrogen (secondary N) is 3. The smallest absolute Gasteiger partial charge is 0.237 e. The molecule has 0 aromatic heterocycles. The minimum atomic E-state index is -0.0619. The van der Waals surface area contributed by atoms with Gasteiger partial charge in [0.05, 0.1) is 6.04 Å². The highest BCUT2D eigenvalue weighted by Gasteiger charge is 2.21. The highest BCUT2D eigenvalue weighted by molar-refractivity contribution is 5.85. The second-order valence-corrected chi connectivity index (χ2v) is 4.41. The number of rotatable bonds is 5. The average molecular weight is 264 g/mol. The molecule has 0 saturated carbocycles. The Hall–Kier alpha value is -0.810. The number of carbonyl (C=O) groups excluding carboxylic acids is 2. The second kappa shape index (κ2) is 8.31. The summed E-state index contributed by atoms with van der Waals surface area (Å²) >= 11 is 0. The van der Waals surface area contributed by atoms with Crippen molar-refractivity contribution in [1.29, 1.82) is 0 Å². The number of amides is 2. The van der Waals surface area contributed by atoms with Crippen LogP contribution in [0.3, 0.4) is 0 Å². The molecule has 0 aliphatic carbocycles. The number of halogens is 1. The molecule has 0 aromatic rings. The Morgan fingerprint density at radius 1 is 1.41 bits per heavy atom. The highest BCUT2D eigenvalue weighted by Crippen LogP contribution is 2.04. The molecule has 0 aromatic carbocycles. The van der Waals surface area contributed by atoms with Crippen molar-refractivity contribution in [2.24, 2.45) is 0 Å². The Morgan fingerprint density at radius 2 is 2.12 bits per heavy atom. The molecule has 5 nitrogen and oxygen atoms in total. The number of hydrogen-bond donors (Lipinski definition) is 3. The SMILES string of the molecule is CC(C)NC(=O)CCNC(=O)C1CCCN1.Cl. The summed E-state index contributed by atoms with van der Waals surface area (Å²) in [5.41, 5.74) is 0. The van der Waals surface area contributed by atoms with Crippen molar-refractivity contribution < 1.29 is 9.59 Å². The third-order valence-corrected chi connectivity index (χ3v) is 2.48. The third kappa shape index (κ3) is 6.48. The molecule has 0 spiro atoms. The van der Waals surface area contributed by atoms with E-state index in [0.29, 0.717) is 13.0 Å². The minimum Gasteiger partial charge on any atom is -0.354 e. The number of hydrogen-bond acceptors (Lipinski definition) is 3. The van der Waals surface area contributed by atoms with Gasteiger partial charge in [-0.1, -0.05) is 0 Å². The Bertz CT molecular complexity index is 253. The lowest BCUT2D eigenvalue weighted by molar-refractivity contribution is -0.123. The maximum absolute atomic E-state index is 11.5. The Balaban J connectivity index is 0.00000256. The Labute approximate surface area is 109 Å². The van der Waals surface area contributed by atoms with Crippen molar-refractivity contribution in [1.82, 2.24) is 16.0 Å². The molecule has 1 aliphatic rings. The van der Waals surface area contributed by atoms with Gasteiger partial charge in [0.2, 0.25) is 11.8 Å². The summed E-state index contributed by atoms with van der Waals surface area (Å²) in [6.45, 7) is 5.15. The van der Waals surface area contributed by atoms with Crippen molar-refractivity contribution in [3.8, 4) is 0 Å². The van der Waals surface area contributed by atoms with Crippen molar-refractivity contribution in [3.63, 3.8) is 0 Å². The van der Waals surface area contributed by atoms with Crippen LogP contribution in [0.4, 0.5) is 0 Å².